The molecule has 1 atom stereocenters. The molecule has 0 spiro atoms. The van der Waals surface area contributed by atoms with Crippen molar-refractivity contribution in [2.75, 3.05) is 6.61 Å². The van der Waals surface area contributed by atoms with Crippen LogP contribution in [0, 0.1) is 0 Å². The lowest BCUT2D eigenvalue weighted by Crippen LogP contribution is -2.11. The van der Waals surface area contributed by atoms with E-state index < -0.39 is 0 Å². The second-order valence-electron chi connectivity index (χ2n) is 3.29. The van der Waals surface area contributed by atoms with Crippen LogP contribution in [-0.4, -0.2) is 12.6 Å². The summed E-state index contributed by atoms with van der Waals surface area (Å²) in [6, 6.07) is 9.54. The fraction of sp³-hybridized carbons (Fsp3) is 0.417. The Morgan fingerprint density at radius 3 is 2.67 bits per heavy atom. The standard InChI is InChI=1S/C12H15BrO2/c1-2-3-9-15-12(14)11(13)10-7-5-4-6-8-10/h4-8,11H,2-3,9H2,1H3. The number of carbonyl (C=O) groups is 1. The Balaban J connectivity index is 2.46. The molecule has 0 aliphatic rings. The van der Waals surface area contributed by atoms with Crippen molar-refractivity contribution in [2.24, 2.45) is 0 Å². The molecule has 0 saturated heterocycles. The van der Waals surface area contributed by atoms with Gasteiger partial charge in [0.25, 0.3) is 0 Å². The third-order valence-corrected chi connectivity index (χ3v) is 2.94. The van der Waals surface area contributed by atoms with Crippen LogP contribution in [0.4, 0.5) is 0 Å². The van der Waals surface area contributed by atoms with Crippen molar-refractivity contribution in [2.45, 2.75) is 24.6 Å². The molecule has 82 valence electrons. The topological polar surface area (TPSA) is 26.3 Å². The number of carbonyl (C=O) groups excluding carboxylic acids is 1. The lowest BCUT2D eigenvalue weighted by molar-refractivity contribution is -0.143. The first-order chi connectivity index (χ1) is 7.25. The van der Waals surface area contributed by atoms with E-state index in [2.05, 4.69) is 22.9 Å². The molecule has 0 bridgehead atoms. The molecule has 2 nitrogen and oxygen atoms in total. The number of hydrogen-bond acceptors (Lipinski definition) is 2. The molecule has 1 aromatic rings. The third kappa shape index (κ3) is 4.04. The number of halogens is 1. The summed E-state index contributed by atoms with van der Waals surface area (Å²) in [7, 11) is 0. The van der Waals surface area contributed by atoms with Crippen molar-refractivity contribution in [1.29, 1.82) is 0 Å². The second kappa shape index (κ2) is 6.62. The normalized spacial score (nSPS) is 12.1. The maximum atomic E-state index is 11.5. The number of esters is 1. The summed E-state index contributed by atoms with van der Waals surface area (Å²) in [5.41, 5.74) is 0.930. The van der Waals surface area contributed by atoms with Gasteiger partial charge in [0.1, 0.15) is 4.83 Å². The lowest BCUT2D eigenvalue weighted by Gasteiger charge is -2.09. The van der Waals surface area contributed by atoms with E-state index in [1.165, 1.54) is 0 Å². The molecule has 15 heavy (non-hydrogen) atoms. The van der Waals surface area contributed by atoms with Gasteiger partial charge in [0, 0.05) is 0 Å². The zero-order valence-corrected chi connectivity index (χ0v) is 10.4. The van der Waals surface area contributed by atoms with Gasteiger partial charge in [0.05, 0.1) is 6.61 Å². The SMILES string of the molecule is CCCCOC(=O)C(Br)c1ccccc1. The minimum atomic E-state index is -0.351. The Labute approximate surface area is 98.8 Å². The smallest absolute Gasteiger partial charge is 0.324 e. The van der Waals surface area contributed by atoms with Gasteiger partial charge in [-0.15, -0.1) is 0 Å². The summed E-state index contributed by atoms with van der Waals surface area (Å²) in [6.45, 7) is 2.57. The second-order valence-corrected chi connectivity index (χ2v) is 4.21. The number of ether oxygens (including phenoxy) is 1. The van der Waals surface area contributed by atoms with Crippen LogP contribution >= 0.6 is 15.9 Å². The Hall–Kier alpha value is -0.830. The van der Waals surface area contributed by atoms with E-state index in [0.29, 0.717) is 6.61 Å². The minimum Gasteiger partial charge on any atom is -0.465 e. The largest absolute Gasteiger partial charge is 0.465 e. The van der Waals surface area contributed by atoms with Gasteiger partial charge in [-0.1, -0.05) is 59.6 Å². The fourth-order valence-electron chi connectivity index (χ4n) is 1.15. The molecule has 3 heteroatoms. The summed E-state index contributed by atoms with van der Waals surface area (Å²) in [6.07, 6.45) is 1.95. The van der Waals surface area contributed by atoms with E-state index in [1.807, 2.05) is 30.3 Å². The predicted molar refractivity (Wildman–Crippen MR) is 64.0 cm³/mol. The zero-order valence-electron chi connectivity index (χ0n) is 8.78. The van der Waals surface area contributed by atoms with Gasteiger partial charge in [0.15, 0.2) is 0 Å². The molecule has 1 aromatic carbocycles. The van der Waals surface area contributed by atoms with E-state index in [1.54, 1.807) is 0 Å². The van der Waals surface area contributed by atoms with Gasteiger partial charge in [-0.2, -0.15) is 0 Å². The van der Waals surface area contributed by atoms with Crippen LogP contribution in [0.5, 0.6) is 0 Å². The first kappa shape index (κ1) is 12.2. The molecule has 1 rings (SSSR count). The number of hydrogen-bond donors (Lipinski definition) is 0. The summed E-state index contributed by atoms with van der Waals surface area (Å²) in [4.78, 5) is 11.2. The predicted octanol–water partition coefficient (Wildman–Crippen LogP) is 3.47. The van der Waals surface area contributed by atoms with Crippen molar-refractivity contribution in [1.82, 2.24) is 0 Å². The third-order valence-electron chi connectivity index (χ3n) is 2.04. The van der Waals surface area contributed by atoms with Crippen molar-refractivity contribution < 1.29 is 9.53 Å². The van der Waals surface area contributed by atoms with Gasteiger partial charge in [-0.25, -0.2) is 0 Å². The maximum Gasteiger partial charge on any atom is 0.324 e. The van der Waals surface area contributed by atoms with Crippen molar-refractivity contribution in [3.05, 3.63) is 35.9 Å². The van der Waals surface area contributed by atoms with Gasteiger partial charge in [0.2, 0.25) is 0 Å². The maximum absolute atomic E-state index is 11.5. The van der Waals surface area contributed by atoms with Gasteiger partial charge in [-0.05, 0) is 12.0 Å². The molecular formula is C12H15BrO2. The molecule has 0 saturated carbocycles. The van der Waals surface area contributed by atoms with E-state index >= 15 is 0 Å². The minimum absolute atomic E-state index is 0.213. The van der Waals surface area contributed by atoms with Crippen LogP contribution < -0.4 is 0 Å². The highest BCUT2D eigenvalue weighted by Gasteiger charge is 2.17. The Morgan fingerprint density at radius 2 is 2.07 bits per heavy atom. The highest BCUT2D eigenvalue weighted by atomic mass is 79.9. The highest BCUT2D eigenvalue weighted by Crippen LogP contribution is 2.23. The molecule has 0 aliphatic heterocycles. The van der Waals surface area contributed by atoms with E-state index in [9.17, 15) is 4.79 Å². The quantitative estimate of drug-likeness (QED) is 0.465. The Kier molecular flexibility index (Phi) is 5.40. The van der Waals surface area contributed by atoms with Crippen LogP contribution in [-0.2, 0) is 9.53 Å². The number of rotatable bonds is 5. The molecular weight excluding hydrogens is 256 g/mol. The van der Waals surface area contributed by atoms with E-state index in [0.717, 1.165) is 18.4 Å². The molecule has 0 amide bonds. The first-order valence-electron chi connectivity index (χ1n) is 5.11. The number of unbranched alkanes of at least 4 members (excludes halogenated alkanes) is 1. The van der Waals surface area contributed by atoms with Crippen LogP contribution in [0.3, 0.4) is 0 Å². The molecule has 0 aromatic heterocycles. The van der Waals surface area contributed by atoms with Crippen molar-refractivity contribution >= 4 is 21.9 Å². The van der Waals surface area contributed by atoms with Crippen LogP contribution in [0.15, 0.2) is 30.3 Å². The van der Waals surface area contributed by atoms with Gasteiger partial charge in [-0.3, -0.25) is 4.79 Å². The number of alkyl halides is 1. The van der Waals surface area contributed by atoms with Gasteiger partial charge >= 0.3 is 5.97 Å². The van der Waals surface area contributed by atoms with Crippen molar-refractivity contribution in [3.8, 4) is 0 Å². The van der Waals surface area contributed by atoms with Gasteiger partial charge < -0.3 is 4.74 Å². The van der Waals surface area contributed by atoms with E-state index in [-0.39, 0.29) is 10.8 Å². The molecule has 0 aliphatic carbocycles. The number of benzene rings is 1. The molecule has 1 unspecified atom stereocenters. The summed E-state index contributed by atoms with van der Waals surface area (Å²) in [5.74, 6) is -0.213. The molecule has 0 N–H and O–H groups in total. The van der Waals surface area contributed by atoms with Crippen LogP contribution in [0.2, 0.25) is 0 Å². The highest BCUT2D eigenvalue weighted by molar-refractivity contribution is 9.09. The summed E-state index contributed by atoms with van der Waals surface area (Å²) < 4.78 is 5.11. The average molecular weight is 271 g/mol. The van der Waals surface area contributed by atoms with Crippen LogP contribution in [0.25, 0.3) is 0 Å². The fourth-order valence-corrected chi connectivity index (χ4v) is 1.59. The molecule has 0 fully saturated rings. The summed E-state index contributed by atoms with van der Waals surface area (Å²) in [5, 5.41) is 0. The Morgan fingerprint density at radius 1 is 1.40 bits per heavy atom. The lowest BCUT2D eigenvalue weighted by atomic mass is 10.1. The Bertz CT molecular complexity index is 298. The first-order valence-corrected chi connectivity index (χ1v) is 6.03. The van der Waals surface area contributed by atoms with Crippen molar-refractivity contribution in [3.63, 3.8) is 0 Å². The monoisotopic (exact) mass is 270 g/mol. The average Bonchev–Trinajstić information content (AvgIpc) is 2.29. The molecule has 0 heterocycles. The zero-order chi connectivity index (χ0) is 11.1. The van der Waals surface area contributed by atoms with Crippen LogP contribution in [0.1, 0.15) is 30.2 Å². The van der Waals surface area contributed by atoms with E-state index in [4.69, 9.17) is 4.74 Å². The summed E-state index contributed by atoms with van der Waals surface area (Å²) >= 11 is 3.33. The molecule has 0 radical (unpaired) electrons.